The normalized spacial score (nSPS) is 14.6. The van der Waals surface area contributed by atoms with Crippen molar-refractivity contribution in [3.8, 4) is 0 Å². The van der Waals surface area contributed by atoms with E-state index >= 15 is 0 Å². The van der Waals surface area contributed by atoms with Gasteiger partial charge in [0.25, 0.3) is 0 Å². The summed E-state index contributed by atoms with van der Waals surface area (Å²) < 4.78 is 5.15. The zero-order valence-corrected chi connectivity index (χ0v) is 17.1. The van der Waals surface area contributed by atoms with Crippen molar-refractivity contribution >= 4 is 27.8 Å². The molecule has 5 nitrogen and oxygen atoms in total. The molecule has 3 rings (SSSR count). The quantitative estimate of drug-likeness (QED) is 0.619. The smallest absolute Gasteiger partial charge is 0.444 e. The van der Waals surface area contributed by atoms with Crippen LogP contribution in [-0.4, -0.2) is 27.7 Å². The summed E-state index contributed by atoms with van der Waals surface area (Å²) in [5.74, 6) is 0. The predicted octanol–water partition coefficient (Wildman–Crippen LogP) is 0.949. The standard InChI is InChI=1S/C10H19NO2.C6H3N2S.Na/c1-10(2,3)13-9(12)11-8-6-4-5-7-8;1-2-5-6(7-3-1)9-4-8-5;/h8H,4-7H2,1-3H3,(H,11,12);1-3H;/q;-1;+1. The Hall–Kier alpha value is -0.690. The number of nitrogens with one attached hydrogen (secondary N) is 1. The first-order valence-corrected chi connectivity index (χ1v) is 8.33. The van der Waals surface area contributed by atoms with E-state index in [9.17, 15) is 4.79 Å². The summed E-state index contributed by atoms with van der Waals surface area (Å²) in [7, 11) is 0. The van der Waals surface area contributed by atoms with Crippen LogP contribution < -0.4 is 34.9 Å². The van der Waals surface area contributed by atoms with E-state index in [-0.39, 0.29) is 41.3 Å². The van der Waals surface area contributed by atoms with E-state index in [1.54, 1.807) is 6.20 Å². The molecule has 2 aromatic heterocycles. The number of carbonyl (C=O) groups excluding carboxylic acids is 1. The first kappa shape index (κ1) is 20.4. The molecule has 23 heavy (non-hydrogen) atoms. The number of carbonyl (C=O) groups is 1. The Kier molecular flexibility index (Phi) is 8.47. The van der Waals surface area contributed by atoms with Gasteiger partial charge < -0.3 is 20.0 Å². The fourth-order valence-electron chi connectivity index (χ4n) is 2.21. The molecule has 0 aliphatic heterocycles. The number of thiazole rings is 1. The molecule has 2 aromatic rings. The second-order valence-electron chi connectivity index (χ2n) is 6.26. The molecule has 120 valence electrons. The van der Waals surface area contributed by atoms with Gasteiger partial charge in [-0.2, -0.15) is 0 Å². The van der Waals surface area contributed by atoms with Crippen molar-refractivity contribution in [2.24, 2.45) is 0 Å². The van der Waals surface area contributed by atoms with Crippen molar-refractivity contribution in [1.29, 1.82) is 0 Å². The summed E-state index contributed by atoms with van der Waals surface area (Å²) in [6.45, 7) is 5.63. The number of hydrogen-bond acceptors (Lipinski definition) is 5. The number of aromatic nitrogens is 2. The minimum absolute atomic E-state index is 0. The van der Waals surface area contributed by atoms with Gasteiger partial charge in [-0.1, -0.05) is 24.4 Å². The number of pyridine rings is 1. The van der Waals surface area contributed by atoms with Crippen LogP contribution in [0.15, 0.2) is 18.3 Å². The van der Waals surface area contributed by atoms with Gasteiger partial charge in [0.2, 0.25) is 0 Å². The Labute approximate surface area is 163 Å². The van der Waals surface area contributed by atoms with Gasteiger partial charge in [0.15, 0.2) is 0 Å². The summed E-state index contributed by atoms with van der Waals surface area (Å²) in [5, 5.41) is 2.87. The molecule has 0 aromatic carbocycles. The topological polar surface area (TPSA) is 64.1 Å². The molecule has 0 radical (unpaired) electrons. The first-order valence-electron chi connectivity index (χ1n) is 7.51. The molecule has 1 saturated carbocycles. The van der Waals surface area contributed by atoms with Crippen molar-refractivity contribution in [2.45, 2.75) is 58.1 Å². The molecule has 7 heteroatoms. The van der Waals surface area contributed by atoms with Crippen LogP contribution >= 0.6 is 11.3 Å². The molecular formula is C16H22N3NaO2S. The van der Waals surface area contributed by atoms with E-state index in [0.717, 1.165) is 23.2 Å². The molecule has 2 heterocycles. The summed E-state index contributed by atoms with van der Waals surface area (Å²) in [6.07, 6.45) is 6.12. The third kappa shape index (κ3) is 7.61. The molecule has 1 N–H and O–H groups in total. The summed E-state index contributed by atoms with van der Waals surface area (Å²) in [4.78, 5) is 20.3. The van der Waals surface area contributed by atoms with Crippen LogP contribution in [0.3, 0.4) is 0 Å². The molecule has 1 fully saturated rings. The second-order valence-corrected chi connectivity index (χ2v) is 7.03. The number of hydrogen-bond donors (Lipinski definition) is 1. The van der Waals surface area contributed by atoms with E-state index in [1.807, 2.05) is 32.9 Å². The third-order valence-electron chi connectivity index (χ3n) is 3.14. The van der Waals surface area contributed by atoms with Crippen molar-refractivity contribution in [2.75, 3.05) is 0 Å². The van der Waals surface area contributed by atoms with Crippen molar-refractivity contribution in [3.63, 3.8) is 0 Å². The molecule has 0 spiro atoms. The monoisotopic (exact) mass is 343 g/mol. The predicted molar refractivity (Wildman–Crippen MR) is 87.9 cm³/mol. The fraction of sp³-hybridized carbons (Fsp3) is 0.562. The summed E-state index contributed by atoms with van der Waals surface area (Å²) >= 11 is 1.44. The number of rotatable bonds is 1. The number of fused-ring (bicyclic) bond motifs is 1. The maximum absolute atomic E-state index is 11.3. The van der Waals surface area contributed by atoms with Crippen LogP contribution in [0.2, 0.25) is 0 Å². The van der Waals surface area contributed by atoms with Crippen LogP contribution in [-0.2, 0) is 4.74 Å². The number of ether oxygens (including phenoxy) is 1. The van der Waals surface area contributed by atoms with E-state index in [4.69, 9.17) is 4.74 Å². The van der Waals surface area contributed by atoms with Gasteiger partial charge in [-0.15, -0.1) is 6.07 Å². The van der Waals surface area contributed by atoms with Gasteiger partial charge in [0.05, 0.1) is 0 Å². The molecule has 1 aliphatic rings. The minimum atomic E-state index is -0.386. The number of alkyl carbamates (subject to hydrolysis) is 1. The zero-order chi connectivity index (χ0) is 16.0. The van der Waals surface area contributed by atoms with Crippen molar-refractivity contribution in [1.82, 2.24) is 15.3 Å². The van der Waals surface area contributed by atoms with Crippen LogP contribution in [0.5, 0.6) is 0 Å². The van der Waals surface area contributed by atoms with Gasteiger partial charge in [-0.05, 0) is 44.0 Å². The van der Waals surface area contributed by atoms with Gasteiger partial charge >= 0.3 is 35.7 Å². The van der Waals surface area contributed by atoms with Gasteiger partial charge in [-0.3, -0.25) is 11.3 Å². The van der Waals surface area contributed by atoms with Gasteiger partial charge in [0.1, 0.15) is 5.60 Å². The molecular weight excluding hydrogens is 321 g/mol. The van der Waals surface area contributed by atoms with Crippen molar-refractivity contribution < 1.29 is 39.1 Å². The number of nitrogens with zero attached hydrogens (tertiary/aromatic N) is 2. The Morgan fingerprint density at radius 3 is 2.70 bits per heavy atom. The van der Waals surface area contributed by atoms with Crippen LogP contribution in [0.4, 0.5) is 4.79 Å². The molecule has 0 bridgehead atoms. The minimum Gasteiger partial charge on any atom is -0.444 e. The summed E-state index contributed by atoms with van der Waals surface area (Å²) in [6, 6.07) is 4.14. The van der Waals surface area contributed by atoms with Gasteiger partial charge in [-0.25, -0.2) is 4.79 Å². The average molecular weight is 343 g/mol. The molecule has 0 saturated heterocycles. The molecule has 0 unspecified atom stereocenters. The van der Waals surface area contributed by atoms with Crippen LogP contribution in [0, 0.1) is 5.51 Å². The Bertz CT molecular complexity index is 576. The van der Waals surface area contributed by atoms with Gasteiger partial charge in [0, 0.05) is 12.2 Å². The SMILES string of the molecule is CC(C)(C)OC(=O)NC1CCCC1.[Na+].[c-]1nc2cccnc2s1. The second kappa shape index (κ2) is 9.57. The number of amides is 1. The van der Waals surface area contributed by atoms with Crippen molar-refractivity contribution in [3.05, 3.63) is 23.8 Å². The van der Waals surface area contributed by atoms with E-state index in [2.05, 4.69) is 20.8 Å². The average Bonchev–Trinajstić information content (AvgIpc) is 3.07. The zero-order valence-electron chi connectivity index (χ0n) is 14.3. The Morgan fingerprint density at radius 1 is 1.39 bits per heavy atom. The Balaban J connectivity index is 0.000000232. The van der Waals surface area contributed by atoms with Crippen LogP contribution in [0.1, 0.15) is 46.5 Å². The molecule has 1 aliphatic carbocycles. The fourth-order valence-corrected chi connectivity index (χ4v) is 2.77. The Morgan fingerprint density at radius 2 is 2.09 bits per heavy atom. The van der Waals surface area contributed by atoms with E-state index in [0.29, 0.717) is 6.04 Å². The van der Waals surface area contributed by atoms with Crippen LogP contribution in [0.25, 0.3) is 10.3 Å². The first-order chi connectivity index (χ1) is 10.4. The largest absolute Gasteiger partial charge is 1.00 e. The molecule has 1 amide bonds. The summed E-state index contributed by atoms with van der Waals surface area (Å²) in [5.41, 5.74) is 3.31. The third-order valence-corrected chi connectivity index (χ3v) is 3.83. The molecule has 0 atom stereocenters. The van der Waals surface area contributed by atoms with E-state index < -0.39 is 0 Å². The maximum atomic E-state index is 11.3. The maximum Gasteiger partial charge on any atom is 1.00 e. The van der Waals surface area contributed by atoms with E-state index in [1.165, 1.54) is 24.2 Å².